The highest BCUT2D eigenvalue weighted by Crippen LogP contribution is 2.38. The molecular formula is C37H44. The van der Waals surface area contributed by atoms with Crippen LogP contribution < -0.4 is 0 Å². The van der Waals surface area contributed by atoms with Crippen LogP contribution in [0.3, 0.4) is 0 Å². The fourth-order valence-corrected chi connectivity index (χ4v) is 4.62. The maximum atomic E-state index is 4.18. The minimum atomic E-state index is 0.303. The molecule has 2 unspecified atom stereocenters. The molecule has 37 heavy (non-hydrogen) atoms. The maximum absolute atomic E-state index is 4.18. The van der Waals surface area contributed by atoms with E-state index in [0.29, 0.717) is 11.3 Å². The third kappa shape index (κ3) is 8.60. The van der Waals surface area contributed by atoms with Gasteiger partial charge in [0, 0.05) is 0 Å². The first-order chi connectivity index (χ1) is 17.7. The van der Waals surface area contributed by atoms with Gasteiger partial charge in [-0.25, -0.2) is 0 Å². The first-order valence-electron chi connectivity index (χ1n) is 13.6. The SMILES string of the molecule is C=C(C)C(C)CCC1(C)C=CC(c2ccc(C)cc2)=CC1.C=C(Cc1ccccc1)c1ccccc1C. The lowest BCUT2D eigenvalue weighted by Crippen LogP contribution is -2.16. The quantitative estimate of drug-likeness (QED) is 0.277. The van der Waals surface area contributed by atoms with Gasteiger partial charge in [0.2, 0.25) is 0 Å². The Morgan fingerprint density at radius 3 is 2.14 bits per heavy atom. The summed E-state index contributed by atoms with van der Waals surface area (Å²) >= 11 is 0. The molecule has 4 rings (SSSR count). The van der Waals surface area contributed by atoms with Gasteiger partial charge in [-0.1, -0.05) is 135 Å². The molecule has 0 saturated carbocycles. The van der Waals surface area contributed by atoms with Crippen molar-refractivity contribution in [2.45, 2.75) is 60.3 Å². The van der Waals surface area contributed by atoms with E-state index in [1.165, 1.54) is 57.4 Å². The van der Waals surface area contributed by atoms with Gasteiger partial charge in [-0.15, -0.1) is 0 Å². The summed E-state index contributed by atoms with van der Waals surface area (Å²) in [5, 5.41) is 0. The van der Waals surface area contributed by atoms with Crippen molar-refractivity contribution in [1.29, 1.82) is 0 Å². The third-order valence-corrected chi connectivity index (χ3v) is 7.61. The highest BCUT2D eigenvalue weighted by molar-refractivity contribution is 5.75. The van der Waals surface area contributed by atoms with E-state index in [9.17, 15) is 0 Å². The molecule has 0 N–H and O–H groups in total. The van der Waals surface area contributed by atoms with Gasteiger partial charge in [-0.3, -0.25) is 0 Å². The Labute approximate surface area is 226 Å². The molecule has 0 fully saturated rings. The number of hydrogen-bond acceptors (Lipinski definition) is 0. The van der Waals surface area contributed by atoms with Gasteiger partial charge >= 0.3 is 0 Å². The predicted octanol–water partition coefficient (Wildman–Crippen LogP) is 10.6. The molecule has 0 amide bonds. The van der Waals surface area contributed by atoms with Crippen LogP contribution in [0.25, 0.3) is 11.1 Å². The largest absolute Gasteiger partial charge is 0.0999 e. The van der Waals surface area contributed by atoms with Crippen molar-refractivity contribution in [2.24, 2.45) is 11.3 Å². The average Bonchev–Trinajstić information content (AvgIpc) is 2.89. The molecule has 3 aromatic rings. The Kier molecular flexibility index (Phi) is 10.1. The molecule has 192 valence electrons. The van der Waals surface area contributed by atoms with Gasteiger partial charge in [0.05, 0.1) is 0 Å². The number of rotatable bonds is 8. The molecule has 1 aliphatic carbocycles. The number of benzene rings is 3. The minimum absolute atomic E-state index is 0.303. The van der Waals surface area contributed by atoms with Crippen LogP contribution in [0.15, 0.2) is 116 Å². The summed E-state index contributed by atoms with van der Waals surface area (Å²) < 4.78 is 0. The predicted molar refractivity (Wildman–Crippen MR) is 165 cm³/mol. The molecule has 0 heteroatoms. The lowest BCUT2D eigenvalue weighted by molar-refractivity contribution is 0.357. The summed E-state index contributed by atoms with van der Waals surface area (Å²) in [7, 11) is 0. The second kappa shape index (κ2) is 13.2. The summed E-state index contributed by atoms with van der Waals surface area (Å²) in [5.41, 5.74) is 10.7. The van der Waals surface area contributed by atoms with Crippen molar-refractivity contribution in [3.63, 3.8) is 0 Å². The fraction of sp³-hybridized carbons (Fsp3) is 0.297. The van der Waals surface area contributed by atoms with Gasteiger partial charge < -0.3 is 0 Å². The highest BCUT2D eigenvalue weighted by atomic mass is 14.3. The molecular weight excluding hydrogens is 444 g/mol. The Morgan fingerprint density at radius 1 is 0.892 bits per heavy atom. The number of aryl methyl sites for hydroxylation is 2. The van der Waals surface area contributed by atoms with Crippen molar-refractivity contribution in [3.8, 4) is 0 Å². The van der Waals surface area contributed by atoms with Gasteiger partial charge in [0.15, 0.2) is 0 Å². The van der Waals surface area contributed by atoms with Crippen LogP contribution in [-0.4, -0.2) is 0 Å². The zero-order chi connectivity index (χ0) is 26.8. The molecule has 0 aromatic heterocycles. The first-order valence-corrected chi connectivity index (χ1v) is 13.6. The van der Waals surface area contributed by atoms with Crippen molar-refractivity contribution in [1.82, 2.24) is 0 Å². The maximum Gasteiger partial charge on any atom is -0.00256 e. The van der Waals surface area contributed by atoms with Gasteiger partial charge in [0.1, 0.15) is 0 Å². The van der Waals surface area contributed by atoms with Crippen LogP contribution in [0.4, 0.5) is 0 Å². The molecule has 0 nitrogen and oxygen atoms in total. The average molecular weight is 489 g/mol. The Bertz CT molecular complexity index is 1240. The van der Waals surface area contributed by atoms with E-state index in [0.717, 1.165) is 12.8 Å². The van der Waals surface area contributed by atoms with Crippen molar-refractivity contribution < 1.29 is 0 Å². The summed E-state index contributed by atoms with van der Waals surface area (Å²) in [6.45, 7) is 19.3. The Morgan fingerprint density at radius 2 is 1.54 bits per heavy atom. The minimum Gasteiger partial charge on any atom is -0.0999 e. The lowest BCUT2D eigenvalue weighted by atomic mass is 9.75. The third-order valence-electron chi connectivity index (χ3n) is 7.61. The van der Waals surface area contributed by atoms with E-state index >= 15 is 0 Å². The van der Waals surface area contributed by atoms with Crippen LogP contribution in [0, 0.1) is 25.2 Å². The topological polar surface area (TPSA) is 0 Å². The highest BCUT2D eigenvalue weighted by Gasteiger charge is 2.23. The van der Waals surface area contributed by atoms with Crippen LogP contribution in [0.2, 0.25) is 0 Å². The molecule has 0 heterocycles. The van der Waals surface area contributed by atoms with Gasteiger partial charge in [-0.05, 0) is 91.2 Å². The molecule has 2 atom stereocenters. The van der Waals surface area contributed by atoms with Crippen LogP contribution in [-0.2, 0) is 6.42 Å². The second-order valence-electron chi connectivity index (χ2n) is 11.1. The standard InChI is InChI=1S/C21H28.C16H16/c1-16(2)18(4)10-13-21(5)14-11-20(12-15-21)19-8-6-17(3)7-9-19;1-13-8-6-7-11-16(13)14(2)12-15-9-4-3-5-10-15/h6-9,11-12,14,18H,1,10,13,15H2,2-5H3;3-11H,2,12H2,1H3. The zero-order valence-corrected chi connectivity index (χ0v) is 23.6. The van der Waals surface area contributed by atoms with E-state index in [1.54, 1.807) is 0 Å². The number of allylic oxidation sites excluding steroid dienone is 6. The summed E-state index contributed by atoms with van der Waals surface area (Å²) in [6.07, 6.45) is 11.6. The molecule has 0 spiro atoms. The normalized spacial score (nSPS) is 17.3. The molecule has 0 radical (unpaired) electrons. The first kappa shape index (κ1) is 28.2. The van der Waals surface area contributed by atoms with Crippen LogP contribution >= 0.6 is 0 Å². The van der Waals surface area contributed by atoms with E-state index in [1.807, 2.05) is 6.07 Å². The van der Waals surface area contributed by atoms with E-state index in [4.69, 9.17) is 0 Å². The molecule has 0 bridgehead atoms. The van der Waals surface area contributed by atoms with E-state index in [-0.39, 0.29) is 0 Å². The van der Waals surface area contributed by atoms with Gasteiger partial charge in [0.25, 0.3) is 0 Å². The van der Waals surface area contributed by atoms with Crippen LogP contribution in [0.1, 0.15) is 67.9 Å². The molecule has 3 aromatic carbocycles. The van der Waals surface area contributed by atoms with Crippen molar-refractivity contribution in [3.05, 3.63) is 144 Å². The molecule has 0 aliphatic heterocycles. The van der Waals surface area contributed by atoms with Crippen LogP contribution in [0.5, 0.6) is 0 Å². The number of hydrogen-bond donors (Lipinski definition) is 0. The molecule has 0 saturated heterocycles. The summed E-state index contributed by atoms with van der Waals surface area (Å²) in [6, 6.07) is 27.7. The van der Waals surface area contributed by atoms with Gasteiger partial charge in [-0.2, -0.15) is 0 Å². The van der Waals surface area contributed by atoms with E-state index < -0.39 is 0 Å². The zero-order valence-electron chi connectivity index (χ0n) is 23.6. The van der Waals surface area contributed by atoms with Crippen molar-refractivity contribution >= 4 is 11.1 Å². The summed E-state index contributed by atoms with van der Waals surface area (Å²) in [5.74, 6) is 0.623. The Hall–Kier alpha value is -3.38. The summed E-state index contributed by atoms with van der Waals surface area (Å²) in [4.78, 5) is 0. The van der Waals surface area contributed by atoms with E-state index in [2.05, 4.69) is 139 Å². The lowest BCUT2D eigenvalue weighted by Gasteiger charge is -2.29. The smallest absolute Gasteiger partial charge is 0.00256 e. The fourth-order valence-electron chi connectivity index (χ4n) is 4.62. The second-order valence-corrected chi connectivity index (χ2v) is 11.1. The Balaban J connectivity index is 0.000000213. The monoisotopic (exact) mass is 488 g/mol. The molecule has 1 aliphatic rings. The van der Waals surface area contributed by atoms with Crippen molar-refractivity contribution in [2.75, 3.05) is 0 Å².